The van der Waals surface area contributed by atoms with E-state index >= 15 is 0 Å². The van der Waals surface area contributed by atoms with Gasteiger partial charge in [0.1, 0.15) is 0 Å². The van der Waals surface area contributed by atoms with Crippen LogP contribution in [0, 0.1) is 5.41 Å². The van der Waals surface area contributed by atoms with Crippen molar-refractivity contribution < 1.29 is 18.3 Å². The van der Waals surface area contributed by atoms with E-state index in [0.29, 0.717) is 13.0 Å². The maximum atomic E-state index is 11.5. The summed E-state index contributed by atoms with van der Waals surface area (Å²) in [5, 5.41) is 9.38. The number of carboxylic acid groups (broad SMARTS) is 1. The molecule has 23 heavy (non-hydrogen) atoms. The van der Waals surface area contributed by atoms with E-state index in [0.717, 1.165) is 11.1 Å². The predicted octanol–water partition coefficient (Wildman–Crippen LogP) is 3.27. The molecule has 1 aliphatic rings. The Bertz CT molecular complexity index is 727. The normalized spacial score (nSPS) is 19.4. The minimum atomic E-state index is -3.21. The molecule has 0 bridgehead atoms. The summed E-state index contributed by atoms with van der Waals surface area (Å²) in [4.78, 5) is 13.2. The minimum Gasteiger partial charge on any atom is -0.465 e. The van der Waals surface area contributed by atoms with Crippen LogP contribution in [0.3, 0.4) is 0 Å². The number of carbonyl (C=O) groups is 1. The molecule has 1 atom stereocenters. The van der Waals surface area contributed by atoms with Crippen molar-refractivity contribution in [3.05, 3.63) is 35.9 Å². The fourth-order valence-electron chi connectivity index (χ4n) is 2.83. The molecule has 1 unspecified atom stereocenters. The Morgan fingerprint density at radius 1 is 1.22 bits per heavy atom. The number of hydrogen-bond donors (Lipinski definition) is 1. The van der Waals surface area contributed by atoms with Gasteiger partial charge in [-0.05, 0) is 35.1 Å². The number of sulfone groups is 1. The van der Waals surface area contributed by atoms with Crippen molar-refractivity contribution >= 4 is 21.5 Å². The van der Waals surface area contributed by atoms with E-state index in [1.165, 1.54) is 11.2 Å². The maximum absolute atomic E-state index is 11.5. The first kappa shape index (κ1) is 17.5. The lowest BCUT2D eigenvalue weighted by Crippen LogP contribution is -2.48. The summed E-state index contributed by atoms with van der Waals surface area (Å²) in [5.74, 6) is 0. The van der Waals surface area contributed by atoms with Gasteiger partial charge in [-0.25, -0.2) is 13.2 Å². The average Bonchev–Trinajstić information content (AvgIpc) is 2.45. The molecule has 2 rings (SSSR count). The Morgan fingerprint density at radius 2 is 1.78 bits per heavy atom. The van der Waals surface area contributed by atoms with Crippen molar-refractivity contribution in [3.8, 4) is 0 Å². The molecule has 0 aliphatic carbocycles. The van der Waals surface area contributed by atoms with Crippen molar-refractivity contribution in [2.75, 3.05) is 12.8 Å². The molecule has 1 aromatic carbocycles. The molecule has 1 heterocycles. The summed E-state index contributed by atoms with van der Waals surface area (Å²) >= 11 is 0. The fraction of sp³-hybridized carbons (Fsp3) is 0.471. The molecule has 5 nitrogen and oxygen atoms in total. The maximum Gasteiger partial charge on any atom is 0.407 e. The van der Waals surface area contributed by atoms with Gasteiger partial charge in [0.05, 0.1) is 10.9 Å². The van der Waals surface area contributed by atoms with E-state index in [1.807, 2.05) is 26.8 Å². The smallest absolute Gasteiger partial charge is 0.407 e. The van der Waals surface area contributed by atoms with Gasteiger partial charge in [0.2, 0.25) is 0 Å². The van der Waals surface area contributed by atoms with Crippen LogP contribution in [-0.4, -0.2) is 43.4 Å². The topological polar surface area (TPSA) is 74.7 Å². The average molecular weight is 337 g/mol. The molecule has 0 saturated carbocycles. The van der Waals surface area contributed by atoms with Crippen LogP contribution in [0.1, 0.15) is 32.8 Å². The number of hydrogen-bond acceptors (Lipinski definition) is 3. The molecule has 1 amide bonds. The SMILES string of the molecule is CC(C)(C)C1C=C(c2ccc(S(C)(=O)=O)cc2)CCN1C(=O)O. The Balaban J connectivity index is 2.38. The van der Waals surface area contributed by atoms with E-state index in [4.69, 9.17) is 0 Å². The summed E-state index contributed by atoms with van der Waals surface area (Å²) in [6.07, 6.45) is 2.89. The molecule has 1 aromatic rings. The summed E-state index contributed by atoms with van der Waals surface area (Å²) in [5.41, 5.74) is 1.79. The number of amides is 1. The number of nitrogens with zero attached hydrogens (tertiary/aromatic N) is 1. The quantitative estimate of drug-likeness (QED) is 0.899. The van der Waals surface area contributed by atoms with Crippen LogP contribution in [-0.2, 0) is 9.84 Å². The molecule has 1 aliphatic heterocycles. The predicted molar refractivity (Wildman–Crippen MR) is 90.1 cm³/mol. The van der Waals surface area contributed by atoms with Gasteiger partial charge in [-0.3, -0.25) is 0 Å². The van der Waals surface area contributed by atoms with Gasteiger partial charge in [0.15, 0.2) is 9.84 Å². The van der Waals surface area contributed by atoms with Gasteiger partial charge < -0.3 is 10.0 Å². The molecule has 0 spiro atoms. The summed E-state index contributed by atoms with van der Waals surface area (Å²) in [6, 6.07) is 6.57. The van der Waals surface area contributed by atoms with Gasteiger partial charge in [-0.15, -0.1) is 0 Å². The third-order valence-corrected chi connectivity index (χ3v) is 5.23. The largest absolute Gasteiger partial charge is 0.465 e. The van der Waals surface area contributed by atoms with Crippen LogP contribution in [0.25, 0.3) is 5.57 Å². The summed E-state index contributed by atoms with van der Waals surface area (Å²) in [7, 11) is -3.21. The van der Waals surface area contributed by atoms with Crippen LogP contribution >= 0.6 is 0 Å². The fourth-order valence-corrected chi connectivity index (χ4v) is 3.46. The second kappa shape index (κ2) is 6.00. The number of rotatable bonds is 2. The minimum absolute atomic E-state index is 0.210. The van der Waals surface area contributed by atoms with E-state index in [-0.39, 0.29) is 16.4 Å². The van der Waals surface area contributed by atoms with E-state index < -0.39 is 15.9 Å². The highest BCUT2D eigenvalue weighted by Gasteiger charge is 2.34. The molecule has 1 N–H and O–H groups in total. The highest BCUT2D eigenvalue weighted by molar-refractivity contribution is 7.90. The lowest BCUT2D eigenvalue weighted by atomic mass is 9.81. The van der Waals surface area contributed by atoms with Crippen molar-refractivity contribution in [1.29, 1.82) is 0 Å². The van der Waals surface area contributed by atoms with Crippen LogP contribution in [0.2, 0.25) is 0 Å². The van der Waals surface area contributed by atoms with E-state index in [9.17, 15) is 18.3 Å². The van der Waals surface area contributed by atoms with Gasteiger partial charge >= 0.3 is 6.09 Å². The highest BCUT2D eigenvalue weighted by Crippen LogP contribution is 2.34. The van der Waals surface area contributed by atoms with Crippen LogP contribution in [0.5, 0.6) is 0 Å². The van der Waals surface area contributed by atoms with E-state index in [2.05, 4.69) is 0 Å². The zero-order valence-electron chi connectivity index (χ0n) is 13.9. The lowest BCUT2D eigenvalue weighted by molar-refractivity contribution is 0.100. The van der Waals surface area contributed by atoms with E-state index in [1.54, 1.807) is 24.3 Å². The molecule has 126 valence electrons. The van der Waals surface area contributed by atoms with Crippen molar-refractivity contribution in [2.24, 2.45) is 5.41 Å². The zero-order valence-corrected chi connectivity index (χ0v) is 14.7. The monoisotopic (exact) mass is 337 g/mol. The van der Waals surface area contributed by atoms with Crippen molar-refractivity contribution in [1.82, 2.24) is 4.90 Å². The number of benzene rings is 1. The van der Waals surface area contributed by atoms with Crippen LogP contribution in [0.4, 0.5) is 4.79 Å². The van der Waals surface area contributed by atoms with Gasteiger partial charge in [0.25, 0.3) is 0 Å². The summed E-state index contributed by atoms with van der Waals surface area (Å²) in [6.45, 7) is 6.48. The third-order valence-electron chi connectivity index (χ3n) is 4.10. The molecule has 0 radical (unpaired) electrons. The summed E-state index contributed by atoms with van der Waals surface area (Å²) < 4.78 is 23.1. The molecule has 0 aromatic heterocycles. The van der Waals surface area contributed by atoms with Gasteiger partial charge in [0, 0.05) is 12.8 Å². The Kier molecular flexibility index (Phi) is 4.57. The second-order valence-electron chi connectivity index (χ2n) is 7.03. The molecular weight excluding hydrogens is 314 g/mol. The Labute approximate surface area is 137 Å². The zero-order chi connectivity index (χ0) is 17.4. The molecule has 0 fully saturated rings. The van der Waals surface area contributed by atoms with Gasteiger partial charge in [-0.1, -0.05) is 39.0 Å². The lowest BCUT2D eigenvalue weighted by Gasteiger charge is -2.40. The van der Waals surface area contributed by atoms with Crippen molar-refractivity contribution in [2.45, 2.75) is 38.1 Å². The molecular formula is C17H23NO4S. The first-order chi connectivity index (χ1) is 10.5. The third kappa shape index (κ3) is 3.93. The van der Waals surface area contributed by atoms with Gasteiger partial charge in [-0.2, -0.15) is 0 Å². The first-order valence-electron chi connectivity index (χ1n) is 7.51. The Morgan fingerprint density at radius 3 is 2.22 bits per heavy atom. The molecule has 6 heteroatoms. The van der Waals surface area contributed by atoms with Crippen molar-refractivity contribution in [3.63, 3.8) is 0 Å². The first-order valence-corrected chi connectivity index (χ1v) is 9.40. The van der Waals surface area contributed by atoms with Crippen LogP contribution < -0.4 is 0 Å². The second-order valence-corrected chi connectivity index (χ2v) is 9.04. The highest BCUT2D eigenvalue weighted by atomic mass is 32.2. The molecule has 0 saturated heterocycles. The standard InChI is InChI=1S/C17H23NO4S/c1-17(2,3)15-11-13(9-10-18(15)16(19)20)12-5-7-14(8-6-12)23(4,21)22/h5-8,11,15H,9-10H2,1-4H3,(H,19,20). The Hall–Kier alpha value is -1.82. The van der Waals surface area contributed by atoms with Crippen LogP contribution in [0.15, 0.2) is 35.2 Å².